The van der Waals surface area contributed by atoms with Gasteiger partial charge in [0.2, 0.25) is 0 Å². The smallest absolute Gasteiger partial charge is 0.288 e. The predicted octanol–water partition coefficient (Wildman–Crippen LogP) is 4.35. The maximum atomic E-state index is 13.2. The lowest BCUT2D eigenvalue weighted by Crippen LogP contribution is -2.25. The number of methoxy groups -OCH3 is 1. The molecule has 4 rings (SSSR count). The molecule has 2 aromatic heterocycles. The summed E-state index contributed by atoms with van der Waals surface area (Å²) in [5, 5.41) is 16.2. The van der Waals surface area contributed by atoms with E-state index in [2.05, 4.69) is 26.7 Å². The second kappa shape index (κ2) is 8.03. The number of nitrogens with zero attached hydrogens (tertiary/aromatic N) is 3. The topological polar surface area (TPSA) is 106 Å². The van der Waals surface area contributed by atoms with Crippen LogP contribution < -0.4 is 15.4 Å². The summed E-state index contributed by atoms with van der Waals surface area (Å²) in [6, 6.07) is 8.58. The van der Waals surface area contributed by atoms with Crippen LogP contribution >= 0.6 is 0 Å². The molecule has 0 unspecified atom stereocenters. The molecule has 0 radical (unpaired) electrons. The normalized spacial score (nSPS) is 14.3. The van der Waals surface area contributed by atoms with Crippen LogP contribution in [0.3, 0.4) is 0 Å². The highest BCUT2D eigenvalue weighted by Gasteiger charge is 2.26. The number of carbonyl (C=O) groups excluding carboxylic acids is 1. The number of amides is 1. The highest BCUT2D eigenvalue weighted by molar-refractivity contribution is 5.98. The predicted molar refractivity (Wildman–Crippen MR) is 116 cm³/mol. The highest BCUT2D eigenvalue weighted by Crippen LogP contribution is 2.33. The number of carbonyl (C=O) groups is 1. The van der Waals surface area contributed by atoms with Crippen LogP contribution in [0.4, 0.5) is 26.0 Å². The van der Waals surface area contributed by atoms with Crippen LogP contribution in [-0.2, 0) is 0 Å². The van der Waals surface area contributed by atoms with Gasteiger partial charge in [-0.3, -0.25) is 9.69 Å². The second-order valence-electron chi connectivity index (χ2n) is 6.90. The van der Waals surface area contributed by atoms with Gasteiger partial charge in [0.15, 0.2) is 0 Å². The number of anilines is 3. The van der Waals surface area contributed by atoms with E-state index in [9.17, 15) is 18.8 Å². The summed E-state index contributed by atoms with van der Waals surface area (Å²) >= 11 is 0. The fraction of sp³-hybridized carbons (Fsp3) is 0.136. The third-order valence-corrected chi connectivity index (χ3v) is 4.89. The Bertz CT molecular complexity index is 1290. The SMILES string of the molecule is CNc1cc(Nc2ccc(C(=O)N3C=CC(F)(F)C=C3)cc2OC)nc2[nH]cc(C#N)c12. The van der Waals surface area contributed by atoms with E-state index in [1.165, 1.54) is 13.2 Å². The van der Waals surface area contributed by atoms with Gasteiger partial charge in [0.05, 0.1) is 23.7 Å². The van der Waals surface area contributed by atoms with E-state index in [1.807, 2.05) is 0 Å². The van der Waals surface area contributed by atoms with Gasteiger partial charge in [0, 0.05) is 55.1 Å². The molecule has 1 aromatic carbocycles. The van der Waals surface area contributed by atoms with Crippen LogP contribution in [-0.4, -0.2) is 40.9 Å². The Kier molecular flexibility index (Phi) is 5.24. The molecule has 1 aliphatic rings. The molecular formula is C22H18F2N6O2. The van der Waals surface area contributed by atoms with Gasteiger partial charge in [-0.15, -0.1) is 0 Å². The number of halogens is 2. The number of fused-ring (bicyclic) bond motifs is 1. The first-order chi connectivity index (χ1) is 15.3. The molecule has 1 amide bonds. The number of nitrogens with one attached hydrogen (secondary N) is 3. The third-order valence-electron chi connectivity index (χ3n) is 4.89. The van der Waals surface area contributed by atoms with E-state index in [-0.39, 0.29) is 5.56 Å². The van der Waals surface area contributed by atoms with Crippen molar-refractivity contribution in [1.82, 2.24) is 14.9 Å². The van der Waals surface area contributed by atoms with Crippen molar-refractivity contribution < 1.29 is 18.3 Å². The minimum absolute atomic E-state index is 0.259. The van der Waals surface area contributed by atoms with Gasteiger partial charge < -0.3 is 20.4 Å². The summed E-state index contributed by atoms with van der Waals surface area (Å²) in [4.78, 5) is 21.2. The van der Waals surface area contributed by atoms with Crippen LogP contribution in [0, 0.1) is 11.3 Å². The number of aromatic nitrogens is 2. The minimum Gasteiger partial charge on any atom is -0.495 e. The zero-order valence-corrected chi connectivity index (χ0v) is 17.1. The quantitative estimate of drug-likeness (QED) is 0.549. The van der Waals surface area contributed by atoms with E-state index in [4.69, 9.17) is 4.74 Å². The lowest BCUT2D eigenvalue weighted by molar-refractivity contribution is 0.0824. The Labute approximate surface area is 181 Å². The molecule has 0 spiro atoms. The Balaban J connectivity index is 1.62. The summed E-state index contributed by atoms with van der Waals surface area (Å²) in [7, 11) is 3.20. The van der Waals surface area contributed by atoms with Crippen molar-refractivity contribution in [3.63, 3.8) is 0 Å². The van der Waals surface area contributed by atoms with Crippen molar-refractivity contribution >= 4 is 34.1 Å². The minimum atomic E-state index is -3.07. The molecular weight excluding hydrogens is 418 g/mol. The van der Waals surface area contributed by atoms with Crippen molar-refractivity contribution in [2.75, 3.05) is 24.8 Å². The zero-order chi connectivity index (χ0) is 22.9. The van der Waals surface area contributed by atoms with Crippen molar-refractivity contribution in [2.45, 2.75) is 5.92 Å². The van der Waals surface area contributed by atoms with Crippen LogP contribution in [0.1, 0.15) is 15.9 Å². The molecule has 3 N–H and O–H groups in total. The molecule has 0 atom stereocenters. The Morgan fingerprint density at radius 1 is 1.25 bits per heavy atom. The van der Waals surface area contributed by atoms with Crippen molar-refractivity contribution in [1.29, 1.82) is 5.26 Å². The third kappa shape index (κ3) is 3.83. The van der Waals surface area contributed by atoms with E-state index in [0.29, 0.717) is 51.7 Å². The summed E-state index contributed by atoms with van der Waals surface area (Å²) < 4.78 is 31.9. The number of hydrogen-bond acceptors (Lipinski definition) is 6. The summed E-state index contributed by atoms with van der Waals surface area (Å²) in [6.45, 7) is 0. The molecule has 0 aliphatic carbocycles. The summed E-state index contributed by atoms with van der Waals surface area (Å²) in [5.74, 6) is -2.71. The fourth-order valence-electron chi connectivity index (χ4n) is 3.30. The van der Waals surface area contributed by atoms with Crippen LogP contribution in [0.15, 0.2) is 55.0 Å². The van der Waals surface area contributed by atoms with Crippen LogP contribution in [0.25, 0.3) is 11.0 Å². The van der Waals surface area contributed by atoms with Crippen LogP contribution in [0.5, 0.6) is 5.75 Å². The first-order valence-electron chi connectivity index (χ1n) is 9.49. The maximum Gasteiger partial charge on any atom is 0.288 e. The van der Waals surface area contributed by atoms with E-state index >= 15 is 0 Å². The van der Waals surface area contributed by atoms with Gasteiger partial charge in [-0.25, -0.2) is 4.98 Å². The average Bonchev–Trinajstić information content (AvgIpc) is 3.21. The number of benzene rings is 1. The number of alkyl halides is 2. The monoisotopic (exact) mass is 436 g/mol. The molecule has 3 heterocycles. The fourth-order valence-corrected chi connectivity index (χ4v) is 3.30. The Morgan fingerprint density at radius 3 is 2.66 bits per heavy atom. The van der Waals surface area contributed by atoms with Gasteiger partial charge >= 0.3 is 0 Å². The molecule has 0 saturated heterocycles. The second-order valence-corrected chi connectivity index (χ2v) is 6.90. The highest BCUT2D eigenvalue weighted by atomic mass is 19.3. The number of pyridine rings is 1. The largest absolute Gasteiger partial charge is 0.495 e. The van der Waals surface area contributed by atoms with E-state index in [1.54, 1.807) is 31.4 Å². The number of aromatic amines is 1. The number of allylic oxidation sites excluding steroid dienone is 2. The van der Waals surface area contributed by atoms with Crippen LogP contribution in [0.2, 0.25) is 0 Å². The van der Waals surface area contributed by atoms with Gasteiger partial charge in [0.25, 0.3) is 11.8 Å². The standard InChI is InChI=1S/C22H18F2N6O2/c1-26-16-10-18(29-20-19(16)14(11-25)12-27-20)28-15-4-3-13(9-17(15)32-2)21(31)30-7-5-22(23,24)6-8-30/h3-10,12H,1-2H3,(H3,26,27,28,29). The number of nitriles is 1. The van der Waals surface area contributed by atoms with E-state index < -0.39 is 11.8 Å². The molecule has 0 bridgehead atoms. The van der Waals surface area contributed by atoms with Gasteiger partial charge in [-0.05, 0) is 18.2 Å². The summed E-state index contributed by atoms with van der Waals surface area (Å²) in [5.41, 5.74) is 2.52. The van der Waals surface area contributed by atoms with Gasteiger partial charge in [0.1, 0.15) is 23.3 Å². The zero-order valence-electron chi connectivity index (χ0n) is 17.1. The van der Waals surface area contributed by atoms with E-state index in [0.717, 1.165) is 17.3 Å². The molecule has 1 aliphatic heterocycles. The molecule has 3 aromatic rings. The van der Waals surface area contributed by atoms with Crippen molar-refractivity contribution in [3.8, 4) is 11.8 Å². The number of ether oxygens (including phenoxy) is 1. The number of hydrogen-bond donors (Lipinski definition) is 3. The van der Waals surface area contributed by atoms with Gasteiger partial charge in [-0.2, -0.15) is 14.0 Å². The Hall–Kier alpha value is -4.39. The maximum absolute atomic E-state index is 13.2. The Morgan fingerprint density at radius 2 is 2.00 bits per heavy atom. The molecule has 10 heteroatoms. The average molecular weight is 436 g/mol. The van der Waals surface area contributed by atoms with Gasteiger partial charge in [-0.1, -0.05) is 0 Å². The lowest BCUT2D eigenvalue weighted by Gasteiger charge is -2.20. The molecule has 32 heavy (non-hydrogen) atoms. The number of rotatable bonds is 5. The lowest BCUT2D eigenvalue weighted by atomic mass is 10.1. The van der Waals surface area contributed by atoms with Crippen molar-refractivity contribution in [2.24, 2.45) is 0 Å². The summed E-state index contributed by atoms with van der Waals surface area (Å²) in [6.07, 6.45) is 4.95. The first kappa shape index (κ1) is 20.9. The molecule has 8 nitrogen and oxygen atoms in total. The number of H-pyrrole nitrogens is 1. The molecule has 0 saturated carbocycles. The molecule has 162 valence electrons. The first-order valence-corrected chi connectivity index (χ1v) is 9.49. The molecule has 0 fully saturated rings. The van der Waals surface area contributed by atoms with Crippen molar-refractivity contribution in [3.05, 3.63) is 66.1 Å².